The molecule has 1 rings (SSSR count). The van der Waals surface area contributed by atoms with Crippen LogP contribution in [0.1, 0.15) is 26.3 Å². The SMILES string of the molecule is CCOC(=O)CN(c1nnccc1C(N)=S)C(C)C. The van der Waals surface area contributed by atoms with Crippen LogP contribution in [0, 0.1) is 0 Å². The Hall–Kier alpha value is -1.76. The van der Waals surface area contributed by atoms with E-state index in [9.17, 15) is 4.79 Å². The van der Waals surface area contributed by atoms with Gasteiger partial charge in [0.1, 0.15) is 11.5 Å². The lowest BCUT2D eigenvalue weighted by Gasteiger charge is -2.27. The summed E-state index contributed by atoms with van der Waals surface area (Å²) in [6.45, 7) is 6.07. The Morgan fingerprint density at radius 1 is 1.58 bits per heavy atom. The number of rotatable bonds is 6. The first-order valence-electron chi connectivity index (χ1n) is 6.01. The van der Waals surface area contributed by atoms with Crippen LogP contribution in [0.3, 0.4) is 0 Å². The molecule has 19 heavy (non-hydrogen) atoms. The molecule has 0 radical (unpaired) electrons. The summed E-state index contributed by atoms with van der Waals surface area (Å²) in [6.07, 6.45) is 1.51. The van der Waals surface area contributed by atoms with Gasteiger partial charge in [-0.3, -0.25) is 4.79 Å². The lowest BCUT2D eigenvalue weighted by Crippen LogP contribution is -2.38. The predicted molar refractivity (Wildman–Crippen MR) is 77.0 cm³/mol. The molecule has 0 fully saturated rings. The van der Waals surface area contributed by atoms with Gasteiger partial charge in [-0.15, -0.1) is 5.10 Å². The molecule has 0 spiro atoms. The Morgan fingerprint density at radius 2 is 2.26 bits per heavy atom. The zero-order valence-corrected chi connectivity index (χ0v) is 12.1. The van der Waals surface area contributed by atoms with E-state index in [0.29, 0.717) is 18.0 Å². The average molecular weight is 282 g/mol. The number of thiocarbonyl (C=S) groups is 1. The molecular weight excluding hydrogens is 264 g/mol. The van der Waals surface area contributed by atoms with Crippen LogP contribution in [0.25, 0.3) is 0 Å². The van der Waals surface area contributed by atoms with E-state index in [1.54, 1.807) is 17.9 Å². The highest BCUT2D eigenvalue weighted by atomic mass is 32.1. The number of aromatic nitrogens is 2. The molecule has 0 saturated carbocycles. The fourth-order valence-electron chi connectivity index (χ4n) is 1.58. The molecule has 0 saturated heterocycles. The maximum absolute atomic E-state index is 11.6. The minimum atomic E-state index is -0.323. The van der Waals surface area contributed by atoms with Crippen molar-refractivity contribution >= 4 is 29.0 Å². The molecule has 0 atom stereocenters. The molecule has 104 valence electrons. The number of anilines is 1. The molecule has 0 aromatic carbocycles. The van der Waals surface area contributed by atoms with Gasteiger partial charge in [-0.05, 0) is 26.8 Å². The van der Waals surface area contributed by atoms with Crippen molar-refractivity contribution in [1.29, 1.82) is 0 Å². The third kappa shape index (κ3) is 4.13. The maximum atomic E-state index is 11.6. The van der Waals surface area contributed by atoms with Gasteiger partial charge >= 0.3 is 5.97 Å². The van der Waals surface area contributed by atoms with Crippen molar-refractivity contribution in [1.82, 2.24) is 10.2 Å². The molecule has 0 aliphatic rings. The van der Waals surface area contributed by atoms with Crippen molar-refractivity contribution in [2.75, 3.05) is 18.1 Å². The van der Waals surface area contributed by atoms with E-state index in [0.717, 1.165) is 0 Å². The van der Waals surface area contributed by atoms with Gasteiger partial charge in [0, 0.05) is 6.04 Å². The van der Waals surface area contributed by atoms with Crippen LogP contribution in [-0.2, 0) is 9.53 Å². The van der Waals surface area contributed by atoms with Gasteiger partial charge in [0.15, 0.2) is 5.82 Å². The normalized spacial score (nSPS) is 10.3. The molecule has 1 heterocycles. The van der Waals surface area contributed by atoms with Crippen molar-refractivity contribution in [2.45, 2.75) is 26.8 Å². The Morgan fingerprint density at radius 3 is 2.79 bits per heavy atom. The number of hydrogen-bond acceptors (Lipinski definition) is 6. The van der Waals surface area contributed by atoms with Crippen LogP contribution in [0.4, 0.5) is 5.82 Å². The largest absolute Gasteiger partial charge is 0.465 e. The molecule has 1 aromatic rings. The molecule has 7 heteroatoms. The van der Waals surface area contributed by atoms with Gasteiger partial charge in [-0.2, -0.15) is 5.10 Å². The highest BCUT2D eigenvalue weighted by molar-refractivity contribution is 7.80. The Labute approximate surface area is 117 Å². The van der Waals surface area contributed by atoms with E-state index in [4.69, 9.17) is 22.7 Å². The fourth-order valence-corrected chi connectivity index (χ4v) is 1.74. The van der Waals surface area contributed by atoms with Crippen LogP contribution in [-0.4, -0.2) is 40.3 Å². The minimum Gasteiger partial charge on any atom is -0.465 e. The first-order valence-corrected chi connectivity index (χ1v) is 6.42. The smallest absolute Gasteiger partial charge is 0.325 e. The first kappa shape index (κ1) is 15.3. The van der Waals surface area contributed by atoms with Crippen molar-refractivity contribution in [3.05, 3.63) is 17.8 Å². The number of hydrogen-bond donors (Lipinski definition) is 1. The summed E-state index contributed by atoms with van der Waals surface area (Å²) in [6, 6.07) is 1.72. The topological polar surface area (TPSA) is 81.3 Å². The number of ether oxygens (including phenoxy) is 1. The monoisotopic (exact) mass is 282 g/mol. The second-order valence-electron chi connectivity index (χ2n) is 4.16. The number of nitrogens with two attached hydrogens (primary N) is 1. The summed E-state index contributed by atoms with van der Waals surface area (Å²) in [4.78, 5) is 13.6. The van der Waals surface area contributed by atoms with Gasteiger partial charge in [0.05, 0.1) is 18.4 Å². The Bertz CT molecular complexity index is 465. The number of nitrogens with zero attached hydrogens (tertiary/aromatic N) is 3. The number of carbonyl (C=O) groups is 1. The first-order chi connectivity index (χ1) is 8.97. The summed E-state index contributed by atoms with van der Waals surface area (Å²) in [7, 11) is 0. The van der Waals surface area contributed by atoms with Gasteiger partial charge < -0.3 is 15.4 Å². The second kappa shape index (κ2) is 6.98. The molecule has 2 N–H and O–H groups in total. The average Bonchev–Trinajstić information content (AvgIpc) is 2.36. The van der Waals surface area contributed by atoms with E-state index in [1.165, 1.54) is 6.20 Å². The Kier molecular flexibility index (Phi) is 5.62. The Balaban J connectivity index is 3.06. The van der Waals surface area contributed by atoms with Crippen LogP contribution < -0.4 is 10.6 Å². The van der Waals surface area contributed by atoms with Crippen LogP contribution >= 0.6 is 12.2 Å². The standard InChI is InChI=1S/C12H18N4O2S/c1-4-18-10(17)7-16(8(2)3)12-9(11(13)19)5-6-14-15-12/h5-6,8H,4,7H2,1-3H3,(H2,13,19). The number of carbonyl (C=O) groups excluding carboxylic acids is 1. The second-order valence-corrected chi connectivity index (χ2v) is 4.60. The summed E-state index contributed by atoms with van der Waals surface area (Å²) in [5.41, 5.74) is 6.26. The molecule has 0 aliphatic heterocycles. The van der Waals surface area contributed by atoms with E-state index >= 15 is 0 Å². The quantitative estimate of drug-likeness (QED) is 0.613. The summed E-state index contributed by atoms with van der Waals surface area (Å²) in [5, 5.41) is 7.86. The molecule has 6 nitrogen and oxygen atoms in total. The van der Waals surface area contributed by atoms with Gasteiger partial charge in [0.25, 0.3) is 0 Å². The predicted octanol–water partition coefficient (Wildman–Crippen LogP) is 0.889. The van der Waals surface area contributed by atoms with Crippen molar-refractivity contribution in [2.24, 2.45) is 5.73 Å². The van der Waals surface area contributed by atoms with Gasteiger partial charge in [0.2, 0.25) is 0 Å². The van der Waals surface area contributed by atoms with Crippen LogP contribution in [0.15, 0.2) is 12.3 Å². The number of esters is 1. The zero-order valence-electron chi connectivity index (χ0n) is 11.3. The lowest BCUT2D eigenvalue weighted by molar-refractivity contribution is -0.141. The zero-order chi connectivity index (χ0) is 14.4. The third-order valence-electron chi connectivity index (χ3n) is 2.47. The van der Waals surface area contributed by atoms with Gasteiger partial charge in [-0.25, -0.2) is 0 Å². The maximum Gasteiger partial charge on any atom is 0.325 e. The molecule has 0 unspecified atom stereocenters. The molecule has 0 bridgehead atoms. The van der Waals surface area contributed by atoms with Crippen LogP contribution in [0.2, 0.25) is 0 Å². The lowest BCUT2D eigenvalue weighted by atomic mass is 10.2. The molecule has 0 amide bonds. The summed E-state index contributed by atoms with van der Waals surface area (Å²) in [5.74, 6) is 0.175. The third-order valence-corrected chi connectivity index (χ3v) is 2.69. The van der Waals surface area contributed by atoms with E-state index in [-0.39, 0.29) is 23.5 Å². The minimum absolute atomic E-state index is 0.0363. The van der Waals surface area contributed by atoms with Crippen molar-refractivity contribution in [3.8, 4) is 0 Å². The van der Waals surface area contributed by atoms with E-state index in [1.807, 2.05) is 13.8 Å². The van der Waals surface area contributed by atoms with E-state index in [2.05, 4.69) is 10.2 Å². The highest BCUT2D eigenvalue weighted by Crippen LogP contribution is 2.18. The summed E-state index contributed by atoms with van der Waals surface area (Å²) >= 11 is 4.99. The van der Waals surface area contributed by atoms with Crippen molar-refractivity contribution < 1.29 is 9.53 Å². The molecule has 1 aromatic heterocycles. The molecular formula is C12H18N4O2S. The highest BCUT2D eigenvalue weighted by Gasteiger charge is 2.21. The summed E-state index contributed by atoms with van der Waals surface area (Å²) < 4.78 is 4.95. The van der Waals surface area contributed by atoms with Crippen molar-refractivity contribution in [3.63, 3.8) is 0 Å². The van der Waals surface area contributed by atoms with Crippen LogP contribution in [0.5, 0.6) is 0 Å². The van der Waals surface area contributed by atoms with E-state index < -0.39 is 0 Å². The van der Waals surface area contributed by atoms with Gasteiger partial charge in [-0.1, -0.05) is 12.2 Å². The molecule has 0 aliphatic carbocycles. The fraction of sp³-hybridized carbons (Fsp3) is 0.500.